The van der Waals surface area contributed by atoms with E-state index in [0.29, 0.717) is 11.4 Å². The molecule has 3 aromatic rings. The van der Waals surface area contributed by atoms with Crippen LogP contribution < -0.4 is 4.90 Å². The van der Waals surface area contributed by atoms with Gasteiger partial charge in [-0.3, -0.25) is 4.79 Å². The Hall–Kier alpha value is -3.08. The van der Waals surface area contributed by atoms with E-state index in [1.807, 2.05) is 50.2 Å². The van der Waals surface area contributed by atoms with Gasteiger partial charge in [-0.25, -0.2) is 15.0 Å². The Labute approximate surface area is 141 Å². The van der Waals surface area contributed by atoms with Gasteiger partial charge in [-0.2, -0.15) is 0 Å². The Morgan fingerprint density at radius 3 is 2.29 bits per heavy atom. The number of amides is 1. The standard InChI is InChI=1S/C19H18N4O/c1-13-4-7-16(8-5-13)23(3)19(24)18-14(2)6-9-17(22-18)15-10-20-12-21-11-15/h4-12H,1-3H3. The van der Waals surface area contributed by atoms with Crippen LogP contribution in [0.1, 0.15) is 21.6 Å². The molecule has 24 heavy (non-hydrogen) atoms. The third-order valence-corrected chi connectivity index (χ3v) is 3.88. The van der Waals surface area contributed by atoms with Crippen molar-refractivity contribution in [1.29, 1.82) is 0 Å². The molecule has 2 heterocycles. The minimum Gasteiger partial charge on any atom is -0.310 e. The first kappa shape index (κ1) is 15.8. The summed E-state index contributed by atoms with van der Waals surface area (Å²) < 4.78 is 0. The first-order valence-electron chi connectivity index (χ1n) is 7.64. The molecule has 0 saturated heterocycles. The molecule has 0 unspecified atom stereocenters. The minimum atomic E-state index is -0.143. The van der Waals surface area contributed by atoms with E-state index < -0.39 is 0 Å². The molecule has 0 radical (unpaired) electrons. The van der Waals surface area contributed by atoms with E-state index in [-0.39, 0.29) is 5.91 Å². The fourth-order valence-corrected chi connectivity index (χ4v) is 2.38. The smallest absolute Gasteiger partial charge is 0.276 e. The predicted molar refractivity (Wildman–Crippen MR) is 93.9 cm³/mol. The number of pyridine rings is 1. The molecule has 120 valence electrons. The molecule has 0 bridgehead atoms. The average Bonchev–Trinajstić information content (AvgIpc) is 2.62. The number of nitrogens with zero attached hydrogens (tertiary/aromatic N) is 4. The Balaban J connectivity index is 1.96. The molecule has 3 rings (SSSR count). The molecule has 0 aliphatic heterocycles. The number of anilines is 1. The largest absolute Gasteiger partial charge is 0.310 e. The molecule has 0 fully saturated rings. The quantitative estimate of drug-likeness (QED) is 0.742. The molecule has 0 saturated carbocycles. The van der Waals surface area contributed by atoms with E-state index in [4.69, 9.17) is 0 Å². The van der Waals surface area contributed by atoms with Gasteiger partial charge in [0, 0.05) is 30.7 Å². The van der Waals surface area contributed by atoms with Gasteiger partial charge < -0.3 is 4.90 Å². The molecule has 5 nitrogen and oxygen atoms in total. The van der Waals surface area contributed by atoms with E-state index in [9.17, 15) is 4.79 Å². The van der Waals surface area contributed by atoms with E-state index in [1.54, 1.807) is 24.3 Å². The second kappa shape index (κ2) is 6.58. The predicted octanol–water partition coefficient (Wildman–Crippen LogP) is 3.43. The summed E-state index contributed by atoms with van der Waals surface area (Å²) in [6.07, 6.45) is 4.83. The lowest BCUT2D eigenvalue weighted by Crippen LogP contribution is -2.28. The van der Waals surface area contributed by atoms with E-state index in [1.165, 1.54) is 6.33 Å². The molecule has 0 atom stereocenters. The number of hydrogen-bond donors (Lipinski definition) is 0. The lowest BCUT2D eigenvalue weighted by molar-refractivity contribution is 0.0987. The van der Waals surface area contributed by atoms with Gasteiger partial charge in [0.2, 0.25) is 0 Å². The summed E-state index contributed by atoms with van der Waals surface area (Å²) in [5.74, 6) is -0.143. The number of aromatic nitrogens is 3. The van der Waals surface area contributed by atoms with Crippen molar-refractivity contribution in [2.45, 2.75) is 13.8 Å². The molecule has 1 aromatic carbocycles. The van der Waals surface area contributed by atoms with Crippen LogP contribution in [0.15, 0.2) is 55.1 Å². The number of aryl methyl sites for hydroxylation is 2. The monoisotopic (exact) mass is 318 g/mol. The van der Waals surface area contributed by atoms with Crippen molar-refractivity contribution in [2.75, 3.05) is 11.9 Å². The van der Waals surface area contributed by atoms with Crippen LogP contribution in [0.4, 0.5) is 5.69 Å². The van der Waals surface area contributed by atoms with Crippen molar-refractivity contribution in [3.8, 4) is 11.3 Å². The van der Waals surface area contributed by atoms with Crippen molar-refractivity contribution >= 4 is 11.6 Å². The first-order valence-corrected chi connectivity index (χ1v) is 7.64. The van der Waals surface area contributed by atoms with Gasteiger partial charge in [0.1, 0.15) is 12.0 Å². The Morgan fingerprint density at radius 1 is 0.958 bits per heavy atom. The first-order chi connectivity index (χ1) is 11.6. The van der Waals surface area contributed by atoms with Gasteiger partial charge in [0.05, 0.1) is 5.69 Å². The van der Waals surface area contributed by atoms with Crippen molar-refractivity contribution in [2.24, 2.45) is 0 Å². The Bertz CT molecular complexity index is 860. The average molecular weight is 318 g/mol. The van der Waals surface area contributed by atoms with Gasteiger partial charge in [0.15, 0.2) is 0 Å². The van der Waals surface area contributed by atoms with Crippen LogP contribution in [-0.4, -0.2) is 27.9 Å². The fraction of sp³-hybridized carbons (Fsp3) is 0.158. The molecule has 5 heteroatoms. The highest BCUT2D eigenvalue weighted by Gasteiger charge is 2.18. The summed E-state index contributed by atoms with van der Waals surface area (Å²) in [6, 6.07) is 11.6. The Kier molecular flexibility index (Phi) is 4.33. The molecule has 0 spiro atoms. The molecular formula is C19H18N4O. The minimum absolute atomic E-state index is 0.143. The van der Waals surface area contributed by atoms with Crippen LogP contribution in [0.2, 0.25) is 0 Å². The summed E-state index contributed by atoms with van der Waals surface area (Å²) in [4.78, 5) is 27.0. The van der Waals surface area contributed by atoms with Crippen molar-refractivity contribution in [1.82, 2.24) is 15.0 Å². The zero-order chi connectivity index (χ0) is 17.1. The van der Waals surface area contributed by atoms with Crippen LogP contribution in [0, 0.1) is 13.8 Å². The third kappa shape index (κ3) is 3.15. The zero-order valence-corrected chi connectivity index (χ0v) is 13.9. The highest BCUT2D eigenvalue weighted by Crippen LogP contribution is 2.20. The summed E-state index contributed by atoms with van der Waals surface area (Å²) in [5.41, 5.74) is 4.71. The normalized spacial score (nSPS) is 10.5. The second-order valence-electron chi connectivity index (χ2n) is 5.69. The van der Waals surface area contributed by atoms with E-state index in [0.717, 1.165) is 22.4 Å². The van der Waals surface area contributed by atoms with Crippen LogP contribution in [0.5, 0.6) is 0 Å². The fourth-order valence-electron chi connectivity index (χ4n) is 2.38. The molecule has 0 N–H and O–H groups in total. The molecular weight excluding hydrogens is 300 g/mol. The van der Waals surface area contributed by atoms with Gasteiger partial charge in [-0.1, -0.05) is 23.8 Å². The van der Waals surface area contributed by atoms with Gasteiger partial charge in [-0.15, -0.1) is 0 Å². The van der Waals surface area contributed by atoms with Crippen LogP contribution >= 0.6 is 0 Å². The van der Waals surface area contributed by atoms with Crippen LogP contribution in [-0.2, 0) is 0 Å². The van der Waals surface area contributed by atoms with Gasteiger partial charge in [0.25, 0.3) is 5.91 Å². The highest BCUT2D eigenvalue weighted by molar-refractivity contribution is 6.05. The Morgan fingerprint density at radius 2 is 1.62 bits per heavy atom. The molecule has 0 aliphatic carbocycles. The summed E-state index contributed by atoms with van der Waals surface area (Å²) in [6.45, 7) is 3.90. The zero-order valence-electron chi connectivity index (χ0n) is 13.9. The SMILES string of the molecule is Cc1ccc(N(C)C(=O)c2nc(-c3cncnc3)ccc2C)cc1. The number of carbonyl (C=O) groups is 1. The van der Waals surface area contributed by atoms with Gasteiger partial charge >= 0.3 is 0 Å². The maximum Gasteiger partial charge on any atom is 0.276 e. The number of carbonyl (C=O) groups excluding carboxylic acids is 1. The second-order valence-corrected chi connectivity index (χ2v) is 5.69. The lowest BCUT2D eigenvalue weighted by atomic mass is 10.1. The summed E-state index contributed by atoms with van der Waals surface area (Å²) in [7, 11) is 1.76. The summed E-state index contributed by atoms with van der Waals surface area (Å²) >= 11 is 0. The van der Waals surface area contributed by atoms with Crippen molar-refractivity contribution in [3.05, 3.63) is 71.9 Å². The highest BCUT2D eigenvalue weighted by atomic mass is 16.2. The molecule has 1 amide bonds. The van der Waals surface area contributed by atoms with Crippen LogP contribution in [0.3, 0.4) is 0 Å². The maximum absolute atomic E-state index is 12.9. The van der Waals surface area contributed by atoms with Crippen LogP contribution in [0.25, 0.3) is 11.3 Å². The maximum atomic E-state index is 12.9. The summed E-state index contributed by atoms with van der Waals surface area (Å²) in [5, 5.41) is 0. The number of hydrogen-bond acceptors (Lipinski definition) is 4. The lowest BCUT2D eigenvalue weighted by Gasteiger charge is -2.18. The van der Waals surface area contributed by atoms with E-state index >= 15 is 0 Å². The van der Waals surface area contributed by atoms with Crippen molar-refractivity contribution in [3.63, 3.8) is 0 Å². The number of benzene rings is 1. The van der Waals surface area contributed by atoms with E-state index in [2.05, 4.69) is 15.0 Å². The number of rotatable bonds is 3. The third-order valence-electron chi connectivity index (χ3n) is 3.88. The topological polar surface area (TPSA) is 59.0 Å². The van der Waals surface area contributed by atoms with Gasteiger partial charge in [-0.05, 0) is 37.6 Å². The molecule has 2 aromatic heterocycles. The molecule has 0 aliphatic rings. The van der Waals surface area contributed by atoms with Crippen molar-refractivity contribution < 1.29 is 4.79 Å².